The predicted octanol–water partition coefficient (Wildman–Crippen LogP) is 3.30. The first-order valence-corrected chi connectivity index (χ1v) is 7.76. The van der Waals surface area contributed by atoms with Crippen LogP contribution in [0.15, 0.2) is 0 Å². The highest BCUT2D eigenvalue weighted by atomic mass is 16.5. The van der Waals surface area contributed by atoms with Crippen LogP contribution in [0.3, 0.4) is 0 Å². The Bertz CT molecular complexity index is 324. The number of esters is 1. The van der Waals surface area contributed by atoms with Crippen LogP contribution in [0, 0.1) is 17.3 Å². The molecule has 4 unspecified atom stereocenters. The number of hydrogen-bond acceptors (Lipinski definition) is 3. The monoisotopic (exact) mass is 268 g/mol. The molecule has 0 radical (unpaired) electrons. The lowest BCUT2D eigenvalue weighted by molar-refractivity contribution is -0.164. The molecule has 1 N–H and O–H groups in total. The number of rotatable bonds is 2. The zero-order valence-electron chi connectivity index (χ0n) is 12.5. The minimum absolute atomic E-state index is 0.0420. The van der Waals surface area contributed by atoms with Crippen molar-refractivity contribution in [3.05, 3.63) is 0 Å². The van der Waals surface area contributed by atoms with Gasteiger partial charge in [0.1, 0.15) is 6.10 Å². The van der Waals surface area contributed by atoms with Crippen molar-refractivity contribution in [2.75, 3.05) is 0 Å². The third-order valence-electron chi connectivity index (χ3n) is 4.66. The average molecular weight is 268 g/mol. The number of aliphatic hydroxyl groups is 1. The summed E-state index contributed by atoms with van der Waals surface area (Å²) in [5, 5.41) is 9.92. The van der Waals surface area contributed by atoms with Crippen LogP contribution in [-0.4, -0.2) is 23.3 Å². The largest absolute Gasteiger partial charge is 0.462 e. The van der Waals surface area contributed by atoms with Gasteiger partial charge in [0, 0.05) is 0 Å². The molecule has 3 nitrogen and oxygen atoms in total. The molecule has 4 atom stereocenters. The summed E-state index contributed by atoms with van der Waals surface area (Å²) in [4.78, 5) is 12.2. The van der Waals surface area contributed by atoms with Crippen LogP contribution < -0.4 is 0 Å². The molecule has 3 heteroatoms. The summed E-state index contributed by atoms with van der Waals surface area (Å²) in [7, 11) is 0. The van der Waals surface area contributed by atoms with Gasteiger partial charge in [0.05, 0.1) is 12.0 Å². The number of carbonyl (C=O) groups excluding carboxylic acids is 1. The SMILES string of the molecule is CC1CC(OC(=O)C2CCCCC2O)CC(C)(C)C1. The van der Waals surface area contributed by atoms with Gasteiger partial charge in [-0.05, 0) is 43.4 Å². The topological polar surface area (TPSA) is 46.5 Å². The van der Waals surface area contributed by atoms with Crippen molar-refractivity contribution in [3.63, 3.8) is 0 Å². The van der Waals surface area contributed by atoms with Crippen LogP contribution in [0.4, 0.5) is 0 Å². The minimum atomic E-state index is -0.490. The normalized spacial score (nSPS) is 38.7. The Morgan fingerprint density at radius 3 is 2.53 bits per heavy atom. The van der Waals surface area contributed by atoms with Gasteiger partial charge in [0.2, 0.25) is 0 Å². The van der Waals surface area contributed by atoms with Crippen molar-refractivity contribution in [2.45, 2.75) is 77.9 Å². The van der Waals surface area contributed by atoms with Crippen LogP contribution in [-0.2, 0) is 9.53 Å². The second kappa shape index (κ2) is 5.82. The fourth-order valence-electron chi connectivity index (χ4n) is 3.99. The zero-order chi connectivity index (χ0) is 14.0. The Morgan fingerprint density at radius 2 is 1.89 bits per heavy atom. The molecule has 0 heterocycles. The second-order valence-corrected chi connectivity index (χ2v) is 7.43. The van der Waals surface area contributed by atoms with Gasteiger partial charge < -0.3 is 9.84 Å². The smallest absolute Gasteiger partial charge is 0.311 e. The molecule has 0 aromatic carbocycles. The van der Waals surface area contributed by atoms with E-state index in [0.29, 0.717) is 5.92 Å². The molecular formula is C16H28O3. The molecule has 2 aliphatic rings. The summed E-state index contributed by atoms with van der Waals surface area (Å²) in [5.74, 6) is 0.161. The summed E-state index contributed by atoms with van der Waals surface area (Å²) in [6.45, 7) is 6.73. The van der Waals surface area contributed by atoms with Crippen LogP contribution in [0.1, 0.15) is 65.7 Å². The third-order valence-corrected chi connectivity index (χ3v) is 4.66. The van der Waals surface area contributed by atoms with Gasteiger partial charge in [-0.15, -0.1) is 0 Å². The van der Waals surface area contributed by atoms with Crippen LogP contribution in [0.5, 0.6) is 0 Å². The molecule has 0 bridgehead atoms. The van der Waals surface area contributed by atoms with E-state index in [4.69, 9.17) is 4.74 Å². The van der Waals surface area contributed by atoms with Gasteiger partial charge in [0.15, 0.2) is 0 Å². The lowest BCUT2D eigenvalue weighted by Crippen LogP contribution is -2.38. The Kier molecular flexibility index (Phi) is 4.54. The number of hydrogen-bond donors (Lipinski definition) is 1. The van der Waals surface area contributed by atoms with Gasteiger partial charge in [-0.2, -0.15) is 0 Å². The molecule has 0 aliphatic heterocycles. The summed E-state index contributed by atoms with van der Waals surface area (Å²) in [6.07, 6.45) is 6.26. The summed E-state index contributed by atoms with van der Waals surface area (Å²) in [5.41, 5.74) is 0.258. The highest BCUT2D eigenvalue weighted by molar-refractivity contribution is 5.73. The lowest BCUT2D eigenvalue weighted by atomic mass is 9.71. The van der Waals surface area contributed by atoms with Gasteiger partial charge in [-0.25, -0.2) is 0 Å². The van der Waals surface area contributed by atoms with E-state index >= 15 is 0 Å². The molecule has 110 valence electrons. The Balaban J connectivity index is 1.91. The standard InChI is InChI=1S/C16H28O3/c1-11-8-12(10-16(2,3)9-11)19-15(18)13-6-4-5-7-14(13)17/h11-14,17H,4-10H2,1-3H3. The molecule has 0 spiro atoms. The first kappa shape index (κ1) is 14.8. The summed E-state index contributed by atoms with van der Waals surface area (Å²) < 4.78 is 5.71. The predicted molar refractivity (Wildman–Crippen MR) is 74.6 cm³/mol. The van der Waals surface area contributed by atoms with Crippen molar-refractivity contribution in [1.29, 1.82) is 0 Å². The summed E-state index contributed by atoms with van der Waals surface area (Å²) in [6, 6.07) is 0. The van der Waals surface area contributed by atoms with E-state index in [1.54, 1.807) is 0 Å². The molecular weight excluding hydrogens is 240 g/mol. The molecule has 0 aromatic rings. The number of aliphatic hydroxyl groups excluding tert-OH is 1. The maximum atomic E-state index is 12.2. The maximum Gasteiger partial charge on any atom is 0.311 e. The first-order chi connectivity index (χ1) is 8.87. The molecule has 2 saturated carbocycles. The quantitative estimate of drug-likeness (QED) is 0.782. The van der Waals surface area contributed by atoms with E-state index in [9.17, 15) is 9.90 Å². The maximum absolute atomic E-state index is 12.2. The Morgan fingerprint density at radius 1 is 1.21 bits per heavy atom. The molecule has 2 fully saturated rings. The van der Waals surface area contributed by atoms with E-state index in [0.717, 1.165) is 38.5 Å². The van der Waals surface area contributed by atoms with E-state index in [2.05, 4.69) is 20.8 Å². The van der Waals surface area contributed by atoms with E-state index in [1.165, 1.54) is 6.42 Å². The van der Waals surface area contributed by atoms with E-state index in [-0.39, 0.29) is 23.4 Å². The zero-order valence-corrected chi connectivity index (χ0v) is 12.5. The Labute approximate surface area is 116 Å². The van der Waals surface area contributed by atoms with Crippen molar-refractivity contribution in [3.8, 4) is 0 Å². The van der Waals surface area contributed by atoms with Gasteiger partial charge in [0.25, 0.3) is 0 Å². The average Bonchev–Trinajstić information content (AvgIpc) is 2.26. The van der Waals surface area contributed by atoms with Crippen molar-refractivity contribution in [1.82, 2.24) is 0 Å². The van der Waals surface area contributed by atoms with E-state index in [1.807, 2.05) is 0 Å². The molecule has 0 saturated heterocycles. The molecule has 2 rings (SSSR count). The molecule has 0 amide bonds. The lowest BCUT2D eigenvalue weighted by Gasteiger charge is -2.39. The fourth-order valence-corrected chi connectivity index (χ4v) is 3.99. The first-order valence-electron chi connectivity index (χ1n) is 7.76. The van der Waals surface area contributed by atoms with Crippen molar-refractivity contribution >= 4 is 5.97 Å². The minimum Gasteiger partial charge on any atom is -0.462 e. The van der Waals surface area contributed by atoms with Gasteiger partial charge in [-0.3, -0.25) is 4.79 Å². The Hall–Kier alpha value is -0.570. The van der Waals surface area contributed by atoms with Crippen LogP contribution >= 0.6 is 0 Å². The number of carbonyl (C=O) groups is 1. The molecule has 2 aliphatic carbocycles. The van der Waals surface area contributed by atoms with Gasteiger partial charge >= 0.3 is 5.97 Å². The highest BCUT2D eigenvalue weighted by Gasteiger charge is 2.37. The van der Waals surface area contributed by atoms with Crippen molar-refractivity contribution in [2.24, 2.45) is 17.3 Å². The molecule has 0 aromatic heterocycles. The second-order valence-electron chi connectivity index (χ2n) is 7.43. The van der Waals surface area contributed by atoms with E-state index < -0.39 is 6.10 Å². The third kappa shape index (κ3) is 3.95. The summed E-state index contributed by atoms with van der Waals surface area (Å²) >= 11 is 0. The van der Waals surface area contributed by atoms with Crippen molar-refractivity contribution < 1.29 is 14.6 Å². The fraction of sp³-hybridized carbons (Fsp3) is 0.938. The van der Waals surface area contributed by atoms with Gasteiger partial charge in [-0.1, -0.05) is 33.6 Å². The number of ether oxygens (including phenoxy) is 1. The highest BCUT2D eigenvalue weighted by Crippen LogP contribution is 2.40. The van der Waals surface area contributed by atoms with Crippen LogP contribution in [0.2, 0.25) is 0 Å². The molecule has 19 heavy (non-hydrogen) atoms. The van der Waals surface area contributed by atoms with Crippen LogP contribution in [0.25, 0.3) is 0 Å².